The van der Waals surface area contributed by atoms with E-state index in [1.54, 1.807) is 0 Å². The molecule has 2 aliphatic rings. The van der Waals surface area contributed by atoms with Gasteiger partial charge in [0, 0.05) is 25.3 Å². The number of nitrogens with zero attached hydrogens (tertiary/aromatic N) is 2. The minimum Gasteiger partial charge on any atom is -0.395 e. The van der Waals surface area contributed by atoms with Gasteiger partial charge in [-0.25, -0.2) is 0 Å². The van der Waals surface area contributed by atoms with E-state index in [0.717, 1.165) is 31.1 Å². The molecule has 170 valence electrons. The molecule has 1 aliphatic heterocycles. The van der Waals surface area contributed by atoms with Crippen LogP contribution in [0.25, 0.3) is 0 Å². The molecule has 1 aromatic carbocycles. The number of rotatable bonds is 6. The Morgan fingerprint density at radius 3 is 2.26 bits per heavy atom. The summed E-state index contributed by atoms with van der Waals surface area (Å²) in [7, 11) is 1.50. The number of anilines is 1. The third kappa shape index (κ3) is 8.03. The zero-order valence-electron chi connectivity index (χ0n) is 18.1. The summed E-state index contributed by atoms with van der Waals surface area (Å²) in [4.78, 5) is 24.2. The van der Waals surface area contributed by atoms with E-state index in [-0.39, 0.29) is 5.76 Å². The maximum absolute atomic E-state index is 11.9. The molecule has 2 aromatic rings. The van der Waals surface area contributed by atoms with Crippen molar-refractivity contribution in [1.82, 2.24) is 5.32 Å². The molecule has 0 atom stereocenters. The molecule has 1 saturated heterocycles. The van der Waals surface area contributed by atoms with Gasteiger partial charge < -0.3 is 26.1 Å². The predicted octanol–water partition coefficient (Wildman–Crippen LogP) is 3.04. The number of benzene rings is 1. The van der Waals surface area contributed by atoms with E-state index in [0.29, 0.717) is 6.54 Å². The minimum absolute atomic E-state index is 0.0633. The fraction of sp³-hybridized carbons (Fsp3) is 0.500. The van der Waals surface area contributed by atoms with Crippen LogP contribution in [0.3, 0.4) is 0 Å². The van der Waals surface area contributed by atoms with Gasteiger partial charge in [0.1, 0.15) is 4.92 Å². The van der Waals surface area contributed by atoms with Crippen molar-refractivity contribution in [3.63, 3.8) is 0 Å². The third-order valence-corrected chi connectivity index (χ3v) is 5.14. The molecule has 0 radical (unpaired) electrons. The van der Waals surface area contributed by atoms with E-state index in [2.05, 4.69) is 28.1 Å². The molecule has 31 heavy (non-hydrogen) atoms. The molecule has 9 nitrogen and oxygen atoms in total. The van der Waals surface area contributed by atoms with Crippen LogP contribution in [-0.2, 0) is 6.54 Å². The van der Waals surface area contributed by atoms with Gasteiger partial charge in [-0.05, 0) is 75.4 Å². The number of nitrogens with two attached hydrogens (primary N) is 2. The lowest BCUT2D eigenvalue weighted by molar-refractivity contribution is -0.402. The second-order valence-electron chi connectivity index (χ2n) is 7.47. The SMILES string of the molecule is CN.NCC1CC1.O=C(NCc1ccc(N2CCCCC2)cc1)c1ccc([N+](=O)[O-])o1. The Hall–Kier alpha value is -2.91. The molecule has 4 rings (SSSR count). The summed E-state index contributed by atoms with van der Waals surface area (Å²) in [6.07, 6.45) is 6.53. The van der Waals surface area contributed by atoms with Crippen LogP contribution in [0.5, 0.6) is 0 Å². The highest BCUT2D eigenvalue weighted by Crippen LogP contribution is 2.26. The standard InChI is InChI=1S/C17H19N3O4.C4H9N.CH5N/c21-17(15-8-9-16(24-15)20(22)23)18-12-13-4-6-14(7-5-13)19-10-2-1-3-11-19;5-3-4-1-2-4;1-2/h4-9H,1-3,10-12H2,(H,18,21);4H,1-3,5H2;2H2,1H3. The van der Waals surface area contributed by atoms with Crippen molar-refractivity contribution in [2.75, 3.05) is 31.6 Å². The highest BCUT2D eigenvalue weighted by Gasteiger charge is 2.18. The van der Waals surface area contributed by atoms with E-state index in [4.69, 9.17) is 10.2 Å². The van der Waals surface area contributed by atoms with Gasteiger partial charge in [0.25, 0.3) is 5.91 Å². The average molecular weight is 432 g/mol. The van der Waals surface area contributed by atoms with Crippen LogP contribution in [0.1, 0.15) is 48.2 Å². The number of nitro groups is 1. The maximum atomic E-state index is 11.9. The lowest BCUT2D eigenvalue weighted by Crippen LogP contribution is -2.29. The van der Waals surface area contributed by atoms with Gasteiger partial charge in [-0.3, -0.25) is 14.9 Å². The molecule has 0 spiro atoms. The first-order valence-corrected chi connectivity index (χ1v) is 10.7. The molecule has 0 bridgehead atoms. The molecule has 1 aliphatic carbocycles. The Balaban J connectivity index is 0.000000420. The summed E-state index contributed by atoms with van der Waals surface area (Å²) >= 11 is 0. The smallest absolute Gasteiger partial charge is 0.395 e. The molecule has 2 fully saturated rings. The second-order valence-corrected chi connectivity index (χ2v) is 7.47. The largest absolute Gasteiger partial charge is 0.433 e. The Morgan fingerprint density at radius 2 is 1.77 bits per heavy atom. The maximum Gasteiger partial charge on any atom is 0.433 e. The molecule has 5 N–H and O–H groups in total. The number of piperidine rings is 1. The van der Waals surface area contributed by atoms with Crippen LogP contribution in [0.15, 0.2) is 40.8 Å². The van der Waals surface area contributed by atoms with Crippen LogP contribution in [0.2, 0.25) is 0 Å². The Bertz CT molecular complexity index is 812. The van der Waals surface area contributed by atoms with E-state index < -0.39 is 16.7 Å². The van der Waals surface area contributed by atoms with Gasteiger partial charge in [0.15, 0.2) is 5.76 Å². The summed E-state index contributed by atoms with van der Waals surface area (Å²) in [5.74, 6) is -0.0594. The van der Waals surface area contributed by atoms with E-state index in [1.165, 1.54) is 57.0 Å². The van der Waals surface area contributed by atoms with Crippen molar-refractivity contribution in [2.45, 2.75) is 38.6 Å². The molecule has 9 heteroatoms. The van der Waals surface area contributed by atoms with Gasteiger partial charge in [-0.1, -0.05) is 12.1 Å². The molecule has 1 amide bonds. The van der Waals surface area contributed by atoms with E-state index in [9.17, 15) is 14.9 Å². The third-order valence-electron chi connectivity index (χ3n) is 5.14. The Labute approximate surface area is 182 Å². The van der Waals surface area contributed by atoms with Crippen LogP contribution >= 0.6 is 0 Å². The quantitative estimate of drug-likeness (QED) is 0.471. The summed E-state index contributed by atoms with van der Waals surface area (Å²) in [6.45, 7) is 3.44. The van der Waals surface area contributed by atoms with Crippen LogP contribution in [0, 0.1) is 16.0 Å². The van der Waals surface area contributed by atoms with Crippen LogP contribution < -0.4 is 21.7 Å². The van der Waals surface area contributed by atoms with Crippen molar-refractivity contribution in [3.8, 4) is 0 Å². The number of hydrogen-bond acceptors (Lipinski definition) is 7. The number of nitrogens with one attached hydrogen (secondary N) is 1. The topological polar surface area (TPSA) is 141 Å². The molecule has 1 aromatic heterocycles. The fourth-order valence-electron chi connectivity index (χ4n) is 3.15. The van der Waals surface area contributed by atoms with Gasteiger partial charge in [0.2, 0.25) is 0 Å². The highest BCUT2D eigenvalue weighted by atomic mass is 16.6. The van der Waals surface area contributed by atoms with E-state index >= 15 is 0 Å². The number of carbonyl (C=O) groups excluding carboxylic acids is 1. The monoisotopic (exact) mass is 431 g/mol. The Morgan fingerprint density at radius 1 is 1.13 bits per heavy atom. The lowest BCUT2D eigenvalue weighted by Gasteiger charge is -2.28. The first-order valence-electron chi connectivity index (χ1n) is 10.7. The van der Waals surface area contributed by atoms with Crippen molar-refractivity contribution in [1.29, 1.82) is 0 Å². The minimum atomic E-state index is -0.671. The van der Waals surface area contributed by atoms with Crippen LogP contribution in [0.4, 0.5) is 11.6 Å². The summed E-state index contributed by atoms with van der Waals surface area (Å²) in [6, 6.07) is 10.5. The lowest BCUT2D eigenvalue weighted by atomic mass is 10.1. The molecule has 1 saturated carbocycles. The van der Waals surface area contributed by atoms with E-state index in [1.807, 2.05) is 12.1 Å². The Kier molecular flexibility index (Phi) is 9.99. The van der Waals surface area contributed by atoms with Crippen LogP contribution in [-0.4, -0.2) is 37.5 Å². The molecule has 0 unspecified atom stereocenters. The fourth-order valence-corrected chi connectivity index (χ4v) is 3.15. The summed E-state index contributed by atoms with van der Waals surface area (Å²) in [5.41, 5.74) is 11.9. The first kappa shape index (κ1) is 24.4. The van der Waals surface area contributed by atoms with Crippen molar-refractivity contribution >= 4 is 17.5 Å². The number of hydrogen-bond donors (Lipinski definition) is 3. The van der Waals surface area contributed by atoms with Crippen molar-refractivity contribution < 1.29 is 14.1 Å². The predicted molar refractivity (Wildman–Crippen MR) is 121 cm³/mol. The van der Waals surface area contributed by atoms with Crippen molar-refractivity contribution in [3.05, 3.63) is 57.8 Å². The van der Waals surface area contributed by atoms with Gasteiger partial charge in [-0.2, -0.15) is 0 Å². The molecule has 2 heterocycles. The second kappa shape index (κ2) is 12.7. The summed E-state index contributed by atoms with van der Waals surface area (Å²) in [5, 5.41) is 13.3. The van der Waals surface area contributed by atoms with Crippen molar-refractivity contribution in [2.24, 2.45) is 17.4 Å². The average Bonchev–Trinajstić information content (AvgIpc) is 3.54. The molecular weight excluding hydrogens is 398 g/mol. The first-order chi connectivity index (χ1) is 15.1. The van der Waals surface area contributed by atoms with Gasteiger partial charge in [0.05, 0.1) is 6.07 Å². The summed E-state index contributed by atoms with van der Waals surface area (Å²) < 4.78 is 4.88. The zero-order valence-corrected chi connectivity index (χ0v) is 18.1. The highest BCUT2D eigenvalue weighted by molar-refractivity contribution is 5.91. The van der Waals surface area contributed by atoms with Gasteiger partial charge in [-0.15, -0.1) is 0 Å². The number of amides is 1. The number of carbonyl (C=O) groups is 1. The normalized spacial score (nSPS) is 15.1. The number of furan rings is 1. The zero-order chi connectivity index (χ0) is 22.6. The van der Waals surface area contributed by atoms with Gasteiger partial charge >= 0.3 is 5.88 Å². The molecular formula is C22H33N5O4.